The second-order valence-electron chi connectivity index (χ2n) is 4.89. The molecule has 0 aliphatic carbocycles. The molecule has 1 aromatic carbocycles. The predicted octanol–water partition coefficient (Wildman–Crippen LogP) is 4.06. The first-order valence-electron chi connectivity index (χ1n) is 7.23. The highest BCUT2D eigenvalue weighted by molar-refractivity contribution is 7.11. The molecule has 0 bridgehead atoms. The van der Waals surface area contributed by atoms with E-state index in [1.807, 2.05) is 6.92 Å². The summed E-state index contributed by atoms with van der Waals surface area (Å²) in [4.78, 5) is 5.78. The number of thiazole rings is 1. The summed E-state index contributed by atoms with van der Waals surface area (Å²) in [5.41, 5.74) is 1.06. The molecular weight excluding hydrogens is 287 g/mol. The van der Waals surface area contributed by atoms with Crippen LogP contribution in [0, 0.1) is 12.7 Å². The molecule has 1 aromatic heterocycles. The van der Waals surface area contributed by atoms with E-state index in [9.17, 15) is 4.39 Å². The Hall–Kier alpha value is -1.46. The zero-order valence-electron chi connectivity index (χ0n) is 12.5. The first-order chi connectivity index (χ1) is 10.2. The van der Waals surface area contributed by atoms with E-state index < -0.39 is 0 Å². The van der Waals surface area contributed by atoms with Crippen LogP contribution in [-0.2, 0) is 13.2 Å². The maximum absolute atomic E-state index is 12.8. The van der Waals surface area contributed by atoms with E-state index in [1.54, 1.807) is 23.5 Å². The summed E-state index contributed by atoms with van der Waals surface area (Å²) in [6, 6.07) is 6.04. The molecule has 1 heterocycles. The monoisotopic (exact) mass is 308 g/mol. The second kappa shape index (κ2) is 8.10. The Balaban J connectivity index is 1.85. The van der Waals surface area contributed by atoms with Gasteiger partial charge in [-0.2, -0.15) is 0 Å². The molecule has 0 unspecified atom stereocenters. The van der Waals surface area contributed by atoms with Crippen LogP contribution in [0.2, 0.25) is 0 Å². The molecule has 0 aliphatic rings. The van der Waals surface area contributed by atoms with Crippen molar-refractivity contribution in [2.75, 3.05) is 6.54 Å². The van der Waals surface area contributed by atoms with Crippen LogP contribution < -0.4 is 10.1 Å². The average Bonchev–Trinajstić information content (AvgIpc) is 2.83. The molecule has 0 fully saturated rings. The van der Waals surface area contributed by atoms with E-state index in [4.69, 9.17) is 4.74 Å². The van der Waals surface area contributed by atoms with E-state index >= 15 is 0 Å². The Morgan fingerprint density at radius 3 is 2.76 bits per heavy atom. The van der Waals surface area contributed by atoms with E-state index in [0.29, 0.717) is 12.4 Å². The van der Waals surface area contributed by atoms with Crippen molar-refractivity contribution >= 4 is 11.3 Å². The molecule has 1 N–H and O–H groups in total. The lowest BCUT2D eigenvalue weighted by atomic mass is 10.3. The molecule has 0 saturated heterocycles. The van der Waals surface area contributed by atoms with Crippen LogP contribution in [-0.4, -0.2) is 11.5 Å². The second-order valence-corrected chi connectivity index (χ2v) is 6.06. The summed E-state index contributed by atoms with van der Waals surface area (Å²) in [5, 5.41) is 4.37. The number of halogens is 1. The van der Waals surface area contributed by atoms with Crippen molar-refractivity contribution in [2.24, 2.45) is 0 Å². The largest absolute Gasteiger partial charge is 0.486 e. The topological polar surface area (TPSA) is 34.1 Å². The van der Waals surface area contributed by atoms with Gasteiger partial charge in [-0.3, -0.25) is 0 Å². The van der Waals surface area contributed by atoms with E-state index in [0.717, 1.165) is 23.8 Å². The molecule has 0 aliphatic heterocycles. The van der Waals surface area contributed by atoms with Gasteiger partial charge in [0.15, 0.2) is 0 Å². The normalized spacial score (nSPS) is 10.8. The summed E-state index contributed by atoms with van der Waals surface area (Å²) >= 11 is 1.67. The summed E-state index contributed by atoms with van der Waals surface area (Å²) in [6.45, 7) is 6.53. The lowest BCUT2D eigenvalue weighted by molar-refractivity contribution is 0.305. The Morgan fingerprint density at radius 1 is 1.29 bits per heavy atom. The van der Waals surface area contributed by atoms with Gasteiger partial charge >= 0.3 is 0 Å². The number of hydrogen-bond donors (Lipinski definition) is 1. The number of nitrogens with zero attached hydrogens (tertiary/aromatic N) is 1. The highest BCUT2D eigenvalue weighted by Gasteiger charge is 2.08. The van der Waals surface area contributed by atoms with Gasteiger partial charge in [0.2, 0.25) is 0 Å². The Kier molecular flexibility index (Phi) is 6.14. The number of hydrogen-bond acceptors (Lipinski definition) is 4. The van der Waals surface area contributed by atoms with Crippen molar-refractivity contribution in [1.29, 1.82) is 0 Å². The maximum atomic E-state index is 12.8. The van der Waals surface area contributed by atoms with Crippen molar-refractivity contribution < 1.29 is 9.13 Å². The van der Waals surface area contributed by atoms with Crippen molar-refractivity contribution in [3.8, 4) is 5.75 Å². The zero-order chi connectivity index (χ0) is 15.1. The number of benzene rings is 1. The minimum atomic E-state index is -0.257. The van der Waals surface area contributed by atoms with Crippen LogP contribution in [0.25, 0.3) is 0 Å². The van der Waals surface area contributed by atoms with Crippen molar-refractivity contribution in [3.63, 3.8) is 0 Å². The Morgan fingerprint density at radius 2 is 2.05 bits per heavy atom. The number of nitrogens with one attached hydrogen (secondary N) is 1. The third kappa shape index (κ3) is 5.10. The molecule has 0 amide bonds. The third-order valence-corrected chi connectivity index (χ3v) is 4.24. The van der Waals surface area contributed by atoms with Gasteiger partial charge in [-0.15, -0.1) is 11.3 Å². The summed E-state index contributed by atoms with van der Waals surface area (Å²) < 4.78 is 18.4. The minimum absolute atomic E-state index is 0.257. The van der Waals surface area contributed by atoms with Crippen molar-refractivity contribution in [1.82, 2.24) is 10.3 Å². The molecule has 5 heteroatoms. The first kappa shape index (κ1) is 15.9. The zero-order valence-corrected chi connectivity index (χ0v) is 13.3. The molecule has 0 radical (unpaired) electrons. The predicted molar refractivity (Wildman–Crippen MR) is 84.2 cm³/mol. The van der Waals surface area contributed by atoms with Crippen LogP contribution in [0.15, 0.2) is 24.3 Å². The Bertz CT molecular complexity index is 554. The van der Waals surface area contributed by atoms with Crippen LogP contribution in [0.5, 0.6) is 5.75 Å². The van der Waals surface area contributed by atoms with Gasteiger partial charge in [-0.05, 0) is 44.2 Å². The van der Waals surface area contributed by atoms with Crippen LogP contribution in [0.4, 0.5) is 4.39 Å². The number of ether oxygens (including phenoxy) is 1. The van der Waals surface area contributed by atoms with Crippen LogP contribution >= 0.6 is 11.3 Å². The Labute approximate surface area is 129 Å². The van der Waals surface area contributed by atoms with E-state index in [-0.39, 0.29) is 5.82 Å². The van der Waals surface area contributed by atoms with Gasteiger partial charge in [0, 0.05) is 11.4 Å². The molecule has 3 nitrogen and oxygen atoms in total. The molecule has 114 valence electrons. The van der Waals surface area contributed by atoms with E-state index in [2.05, 4.69) is 17.2 Å². The van der Waals surface area contributed by atoms with Gasteiger partial charge in [-0.1, -0.05) is 13.3 Å². The fraction of sp³-hybridized carbons (Fsp3) is 0.438. The fourth-order valence-corrected chi connectivity index (χ4v) is 2.85. The van der Waals surface area contributed by atoms with Crippen molar-refractivity contribution in [2.45, 2.75) is 39.8 Å². The SMILES string of the molecule is CCCCNCc1sc(COc2ccc(F)cc2)nc1C. The maximum Gasteiger partial charge on any atom is 0.140 e. The molecule has 21 heavy (non-hydrogen) atoms. The molecule has 2 rings (SSSR count). The van der Waals surface area contributed by atoms with Gasteiger partial charge < -0.3 is 10.1 Å². The van der Waals surface area contributed by atoms with E-state index in [1.165, 1.54) is 29.9 Å². The molecular formula is C16H21FN2OS. The van der Waals surface area contributed by atoms with Gasteiger partial charge in [0.05, 0.1) is 5.69 Å². The van der Waals surface area contributed by atoms with Gasteiger partial charge in [-0.25, -0.2) is 9.37 Å². The van der Waals surface area contributed by atoms with Crippen LogP contribution in [0.1, 0.15) is 35.3 Å². The highest BCUT2D eigenvalue weighted by atomic mass is 32.1. The minimum Gasteiger partial charge on any atom is -0.486 e. The van der Waals surface area contributed by atoms with Gasteiger partial charge in [0.25, 0.3) is 0 Å². The summed E-state index contributed by atoms with van der Waals surface area (Å²) in [6.07, 6.45) is 2.39. The fourth-order valence-electron chi connectivity index (χ4n) is 1.89. The number of aryl methyl sites for hydroxylation is 1. The van der Waals surface area contributed by atoms with Crippen LogP contribution in [0.3, 0.4) is 0 Å². The van der Waals surface area contributed by atoms with Crippen molar-refractivity contribution in [3.05, 3.63) is 45.7 Å². The quantitative estimate of drug-likeness (QED) is 0.747. The summed E-state index contributed by atoms with van der Waals surface area (Å²) in [7, 11) is 0. The molecule has 0 spiro atoms. The molecule has 0 atom stereocenters. The number of unbranched alkanes of at least 4 members (excludes halogenated alkanes) is 1. The molecule has 2 aromatic rings. The lowest BCUT2D eigenvalue weighted by Gasteiger charge is -2.03. The third-order valence-electron chi connectivity index (χ3n) is 3.11. The first-order valence-corrected chi connectivity index (χ1v) is 8.05. The highest BCUT2D eigenvalue weighted by Crippen LogP contribution is 2.20. The number of rotatable bonds is 8. The average molecular weight is 308 g/mol. The summed E-state index contributed by atoms with van der Waals surface area (Å²) in [5.74, 6) is 0.403. The molecule has 0 saturated carbocycles. The standard InChI is InChI=1S/C16H21FN2OS/c1-3-4-9-18-10-15-12(2)19-16(21-15)11-20-14-7-5-13(17)6-8-14/h5-8,18H,3-4,9-11H2,1-2H3. The smallest absolute Gasteiger partial charge is 0.140 e. The van der Waals surface area contributed by atoms with Gasteiger partial charge in [0.1, 0.15) is 23.2 Å². The lowest BCUT2D eigenvalue weighted by Crippen LogP contribution is -2.14. The number of aromatic nitrogens is 1.